The molecule has 1 amide bonds. The topological polar surface area (TPSA) is 109 Å². The van der Waals surface area contributed by atoms with E-state index >= 15 is 0 Å². The number of benzene rings is 1. The smallest absolute Gasteiger partial charge is 0.325 e. The Morgan fingerprint density at radius 3 is 2.69 bits per heavy atom. The van der Waals surface area contributed by atoms with Crippen LogP contribution in [0.4, 0.5) is 5.69 Å². The number of carbonyl (C=O) groups excluding carboxylic acids is 1. The number of aliphatic hydroxyl groups is 1. The van der Waals surface area contributed by atoms with Crippen molar-refractivity contribution >= 4 is 22.5 Å². The van der Waals surface area contributed by atoms with E-state index in [2.05, 4.69) is 10.4 Å². The summed E-state index contributed by atoms with van der Waals surface area (Å²) >= 11 is 0. The molecule has 1 aromatic carbocycles. The standard InChI is InChI=1S/C26H28N6O3/c1-17-4-2-5-23(32(17)35)25(33)28-22-14-18-16-31(20-8-10-26(34,11-9-20)19-6-7-19)29-21(18)15-24(22)30-13-3-12-27-30/h2-5,12-16,19-20,34H,6-11H2,1H3,(H-,28,33,35)/p+1. The van der Waals surface area contributed by atoms with Crippen molar-refractivity contribution in [2.45, 2.75) is 57.1 Å². The van der Waals surface area contributed by atoms with Crippen LogP contribution >= 0.6 is 0 Å². The Kier molecular flexibility index (Phi) is 5.10. The third-order valence-electron chi connectivity index (χ3n) is 7.56. The highest BCUT2D eigenvalue weighted by Gasteiger charge is 2.45. The van der Waals surface area contributed by atoms with Crippen LogP contribution in [-0.2, 0) is 0 Å². The van der Waals surface area contributed by atoms with Crippen molar-refractivity contribution in [2.75, 3.05) is 5.32 Å². The van der Waals surface area contributed by atoms with Crippen LogP contribution in [0.1, 0.15) is 60.7 Å². The molecule has 3 N–H and O–H groups in total. The van der Waals surface area contributed by atoms with Gasteiger partial charge in [-0.1, -0.05) is 0 Å². The molecule has 3 aromatic heterocycles. The summed E-state index contributed by atoms with van der Waals surface area (Å²) in [6.45, 7) is 1.73. The SMILES string of the molecule is Cc1cccc(C(=O)Nc2cc3cn(C4CCC(O)(C5CC5)CC4)nc3cc2-n2cccn2)[n+]1O. The molecule has 6 rings (SSSR count). The molecule has 0 aliphatic heterocycles. The van der Waals surface area contributed by atoms with E-state index in [0.29, 0.717) is 23.0 Å². The van der Waals surface area contributed by atoms with E-state index in [1.807, 2.05) is 35.3 Å². The molecule has 0 saturated heterocycles. The first-order valence-corrected chi connectivity index (χ1v) is 12.2. The minimum atomic E-state index is -0.493. The zero-order valence-corrected chi connectivity index (χ0v) is 19.6. The number of pyridine rings is 1. The largest absolute Gasteiger partial charge is 0.390 e. The van der Waals surface area contributed by atoms with Gasteiger partial charge in [-0.05, 0) is 68.7 Å². The molecule has 35 heavy (non-hydrogen) atoms. The molecule has 2 aliphatic carbocycles. The second-order valence-electron chi connectivity index (χ2n) is 9.92. The lowest BCUT2D eigenvalue weighted by molar-refractivity contribution is -0.909. The number of hydrogen-bond donors (Lipinski definition) is 3. The van der Waals surface area contributed by atoms with Crippen molar-refractivity contribution in [1.29, 1.82) is 0 Å². The van der Waals surface area contributed by atoms with Crippen molar-refractivity contribution < 1.29 is 19.8 Å². The number of nitrogens with zero attached hydrogens (tertiary/aromatic N) is 5. The van der Waals surface area contributed by atoms with Crippen LogP contribution in [0, 0.1) is 12.8 Å². The number of hydrogen-bond acceptors (Lipinski definition) is 5. The highest BCUT2D eigenvalue weighted by Crippen LogP contribution is 2.49. The molecule has 0 spiro atoms. The van der Waals surface area contributed by atoms with Crippen LogP contribution in [-0.4, -0.2) is 41.4 Å². The highest BCUT2D eigenvalue weighted by atomic mass is 16.5. The fraction of sp³-hybridized carbons (Fsp3) is 0.385. The quantitative estimate of drug-likeness (QED) is 0.303. The predicted octanol–water partition coefficient (Wildman–Crippen LogP) is 3.56. The van der Waals surface area contributed by atoms with E-state index in [0.717, 1.165) is 54.2 Å². The van der Waals surface area contributed by atoms with E-state index in [-0.39, 0.29) is 11.7 Å². The summed E-state index contributed by atoms with van der Waals surface area (Å²) in [5.41, 5.74) is 2.27. The summed E-state index contributed by atoms with van der Waals surface area (Å²) in [6.07, 6.45) is 11.2. The van der Waals surface area contributed by atoms with E-state index in [4.69, 9.17) is 5.10 Å². The normalized spacial score (nSPS) is 22.4. The number of anilines is 1. The third kappa shape index (κ3) is 3.95. The number of aromatic nitrogens is 5. The van der Waals surface area contributed by atoms with Crippen molar-refractivity contribution in [3.05, 3.63) is 66.4 Å². The second kappa shape index (κ2) is 8.20. The van der Waals surface area contributed by atoms with Gasteiger partial charge in [0, 0.05) is 47.8 Å². The molecular weight excluding hydrogens is 444 g/mol. The molecule has 9 heteroatoms. The van der Waals surface area contributed by atoms with Crippen molar-refractivity contribution in [2.24, 2.45) is 5.92 Å². The van der Waals surface area contributed by atoms with Crippen LogP contribution < -0.4 is 10.0 Å². The van der Waals surface area contributed by atoms with Gasteiger partial charge >= 0.3 is 11.6 Å². The Morgan fingerprint density at radius 2 is 1.97 bits per heavy atom. The van der Waals surface area contributed by atoms with Crippen LogP contribution in [0.5, 0.6) is 0 Å². The maximum absolute atomic E-state index is 13.1. The third-order valence-corrected chi connectivity index (χ3v) is 7.56. The first-order chi connectivity index (χ1) is 16.9. The van der Waals surface area contributed by atoms with E-state index < -0.39 is 11.5 Å². The summed E-state index contributed by atoms with van der Waals surface area (Å²) < 4.78 is 4.58. The highest BCUT2D eigenvalue weighted by molar-refractivity contribution is 6.04. The van der Waals surface area contributed by atoms with Gasteiger partial charge in [0.1, 0.15) is 0 Å². The minimum Gasteiger partial charge on any atom is -0.390 e. The molecule has 0 atom stereocenters. The Morgan fingerprint density at radius 1 is 1.17 bits per heavy atom. The number of amides is 1. The van der Waals surface area contributed by atoms with Crippen molar-refractivity contribution in [1.82, 2.24) is 19.6 Å². The second-order valence-corrected chi connectivity index (χ2v) is 9.92. The lowest BCUT2D eigenvalue weighted by atomic mass is 9.79. The van der Waals surface area contributed by atoms with Gasteiger partial charge in [0.2, 0.25) is 5.69 Å². The number of aryl methyl sites for hydroxylation is 1. The predicted molar refractivity (Wildman–Crippen MR) is 129 cm³/mol. The Bertz CT molecular complexity index is 1400. The van der Waals surface area contributed by atoms with Gasteiger partial charge in [-0.25, -0.2) is 4.68 Å². The fourth-order valence-corrected chi connectivity index (χ4v) is 5.33. The Labute approximate surface area is 202 Å². The number of fused-ring (bicyclic) bond motifs is 1. The zero-order chi connectivity index (χ0) is 24.2. The van der Waals surface area contributed by atoms with Crippen molar-refractivity contribution in [3.8, 4) is 5.69 Å². The van der Waals surface area contributed by atoms with Gasteiger partial charge in [-0.15, -0.1) is 0 Å². The van der Waals surface area contributed by atoms with Gasteiger partial charge in [-0.3, -0.25) is 14.7 Å². The van der Waals surface area contributed by atoms with E-state index in [1.54, 1.807) is 36.0 Å². The van der Waals surface area contributed by atoms with Crippen LogP contribution in [0.15, 0.2) is 55.0 Å². The first kappa shape index (κ1) is 21.8. The lowest BCUT2D eigenvalue weighted by Gasteiger charge is -2.36. The number of rotatable bonds is 5. The number of nitrogens with one attached hydrogen (secondary N) is 1. The molecule has 0 unspecified atom stereocenters. The maximum Gasteiger partial charge on any atom is 0.325 e. The summed E-state index contributed by atoms with van der Waals surface area (Å²) in [7, 11) is 0. The molecule has 2 saturated carbocycles. The van der Waals surface area contributed by atoms with Crippen LogP contribution in [0.25, 0.3) is 16.6 Å². The van der Waals surface area contributed by atoms with Crippen molar-refractivity contribution in [3.63, 3.8) is 0 Å². The average Bonchev–Trinajstić information content (AvgIpc) is 3.42. The summed E-state index contributed by atoms with van der Waals surface area (Å²) in [5.74, 6) is 0.0527. The van der Waals surface area contributed by atoms with Gasteiger partial charge < -0.3 is 10.4 Å². The molecule has 3 heterocycles. The fourth-order valence-electron chi connectivity index (χ4n) is 5.33. The van der Waals surface area contributed by atoms with Gasteiger partial charge in [0.05, 0.1) is 28.5 Å². The van der Waals surface area contributed by atoms with Gasteiger partial charge in [0.15, 0.2) is 0 Å². The minimum absolute atomic E-state index is 0.137. The monoisotopic (exact) mass is 473 g/mol. The van der Waals surface area contributed by atoms with Gasteiger partial charge in [-0.2, -0.15) is 10.2 Å². The molecule has 4 aromatic rings. The van der Waals surface area contributed by atoms with Crippen LogP contribution in [0.3, 0.4) is 0 Å². The zero-order valence-electron chi connectivity index (χ0n) is 19.6. The maximum atomic E-state index is 13.1. The van der Waals surface area contributed by atoms with E-state index in [9.17, 15) is 15.1 Å². The molecule has 0 radical (unpaired) electrons. The molecule has 9 nitrogen and oxygen atoms in total. The van der Waals surface area contributed by atoms with Gasteiger partial charge in [0.25, 0.3) is 0 Å². The molecular formula is C26H29N6O3+. The number of carbonyl (C=O) groups is 1. The molecule has 180 valence electrons. The first-order valence-electron chi connectivity index (χ1n) is 12.2. The molecule has 2 fully saturated rings. The molecule has 0 bridgehead atoms. The summed E-state index contributed by atoms with van der Waals surface area (Å²) in [5, 5.41) is 34.3. The van der Waals surface area contributed by atoms with E-state index in [1.165, 1.54) is 0 Å². The Hall–Kier alpha value is -3.72. The lowest BCUT2D eigenvalue weighted by Crippen LogP contribution is -2.42. The summed E-state index contributed by atoms with van der Waals surface area (Å²) in [6, 6.07) is 10.9. The molecule has 2 aliphatic rings. The average molecular weight is 474 g/mol. The summed E-state index contributed by atoms with van der Waals surface area (Å²) in [4.78, 5) is 13.1. The Balaban J connectivity index is 1.33. The van der Waals surface area contributed by atoms with Crippen LogP contribution in [0.2, 0.25) is 0 Å².